The zero-order chi connectivity index (χ0) is 14.8. The summed E-state index contributed by atoms with van der Waals surface area (Å²) in [5, 5.41) is 3.56. The second-order valence-electron chi connectivity index (χ2n) is 4.65. The van der Waals surface area contributed by atoms with Crippen LogP contribution in [0, 0.1) is 11.6 Å². The zero-order valence-electron chi connectivity index (χ0n) is 11.0. The molecule has 0 N–H and O–H groups in total. The first-order chi connectivity index (χ1) is 10.2. The highest BCUT2D eigenvalue weighted by molar-refractivity contribution is 6.05. The molecule has 1 unspecified atom stereocenters. The Balaban J connectivity index is 2.03. The second-order valence-corrected chi connectivity index (χ2v) is 4.65. The first-order valence-corrected chi connectivity index (χ1v) is 6.44. The van der Waals surface area contributed by atoms with Crippen LogP contribution in [0.15, 0.2) is 35.1 Å². The molecule has 110 valence electrons. The highest BCUT2D eigenvalue weighted by Gasteiger charge is 2.33. The van der Waals surface area contributed by atoms with Gasteiger partial charge in [-0.3, -0.25) is 9.69 Å². The quantitative estimate of drug-likeness (QED) is 0.872. The lowest BCUT2D eigenvalue weighted by Gasteiger charge is -2.27. The van der Waals surface area contributed by atoms with Crippen LogP contribution < -0.4 is 4.90 Å². The van der Waals surface area contributed by atoms with Gasteiger partial charge in [0.25, 0.3) is 5.91 Å². The van der Waals surface area contributed by atoms with Crippen LogP contribution in [0.4, 0.5) is 14.5 Å². The number of hydrogen-bond acceptors (Lipinski definition) is 4. The Morgan fingerprint density at radius 1 is 1.33 bits per heavy atom. The molecule has 0 aliphatic carbocycles. The van der Waals surface area contributed by atoms with Crippen molar-refractivity contribution < 1.29 is 22.8 Å². The molecule has 7 heteroatoms. The van der Waals surface area contributed by atoms with Gasteiger partial charge < -0.3 is 9.26 Å². The van der Waals surface area contributed by atoms with Gasteiger partial charge in [0, 0.05) is 12.7 Å². The van der Waals surface area contributed by atoms with Crippen LogP contribution >= 0.6 is 0 Å². The van der Waals surface area contributed by atoms with Gasteiger partial charge in [-0.05, 0) is 18.6 Å². The van der Waals surface area contributed by atoms with Crippen LogP contribution in [0.3, 0.4) is 0 Å². The fourth-order valence-corrected chi connectivity index (χ4v) is 2.32. The van der Waals surface area contributed by atoms with Crippen molar-refractivity contribution >= 4 is 11.6 Å². The zero-order valence-corrected chi connectivity index (χ0v) is 11.0. The van der Waals surface area contributed by atoms with Gasteiger partial charge in [0.2, 0.25) is 0 Å². The van der Waals surface area contributed by atoms with Crippen molar-refractivity contribution in [3.63, 3.8) is 0 Å². The lowest BCUT2D eigenvalue weighted by Crippen LogP contribution is -2.41. The number of aromatic nitrogens is 1. The minimum Gasteiger partial charge on any atom is -0.379 e. The standard InChI is InChI=1S/C14H12F2N2O3/c15-10-2-1-3-12(13(10)16)18(9-4-6-20-8-9)14(19)11-5-7-21-17-11/h1-3,5,7,9H,4,6,8H2. The molecule has 3 rings (SSSR count). The van der Waals surface area contributed by atoms with E-state index >= 15 is 0 Å². The van der Waals surface area contributed by atoms with Crippen LogP contribution in [-0.4, -0.2) is 30.3 Å². The SMILES string of the molecule is O=C(c1ccon1)N(c1cccc(F)c1F)C1CCOC1. The third-order valence-corrected chi connectivity index (χ3v) is 3.34. The number of rotatable bonds is 3. The predicted octanol–water partition coefficient (Wildman–Crippen LogP) is 2.39. The van der Waals surface area contributed by atoms with Crippen molar-refractivity contribution in [2.24, 2.45) is 0 Å². The van der Waals surface area contributed by atoms with Gasteiger partial charge in [0.1, 0.15) is 6.26 Å². The topological polar surface area (TPSA) is 55.6 Å². The van der Waals surface area contributed by atoms with E-state index in [9.17, 15) is 13.6 Å². The van der Waals surface area contributed by atoms with Crippen LogP contribution in [0.2, 0.25) is 0 Å². The summed E-state index contributed by atoms with van der Waals surface area (Å²) in [5.41, 5.74) is -0.0935. The van der Waals surface area contributed by atoms with Crippen molar-refractivity contribution in [2.45, 2.75) is 12.5 Å². The number of benzene rings is 1. The summed E-state index contributed by atoms with van der Waals surface area (Å²) in [7, 11) is 0. The summed E-state index contributed by atoms with van der Waals surface area (Å²) >= 11 is 0. The Labute approximate surface area is 119 Å². The molecule has 1 aromatic carbocycles. The maximum absolute atomic E-state index is 14.1. The molecule has 1 aromatic heterocycles. The summed E-state index contributed by atoms with van der Waals surface area (Å²) in [6.45, 7) is 0.726. The van der Waals surface area contributed by atoms with Gasteiger partial charge in [-0.25, -0.2) is 8.78 Å². The van der Waals surface area contributed by atoms with Crippen molar-refractivity contribution in [1.29, 1.82) is 0 Å². The fraction of sp³-hybridized carbons (Fsp3) is 0.286. The second kappa shape index (κ2) is 5.61. The highest BCUT2D eigenvalue weighted by Crippen LogP contribution is 2.28. The maximum atomic E-state index is 14.1. The Kier molecular flexibility index (Phi) is 3.66. The number of anilines is 1. The lowest BCUT2D eigenvalue weighted by atomic mass is 10.1. The maximum Gasteiger partial charge on any atom is 0.280 e. The van der Waals surface area contributed by atoms with Gasteiger partial charge in [-0.1, -0.05) is 11.2 Å². The van der Waals surface area contributed by atoms with E-state index in [1.54, 1.807) is 0 Å². The van der Waals surface area contributed by atoms with Gasteiger partial charge >= 0.3 is 0 Å². The summed E-state index contributed by atoms with van der Waals surface area (Å²) in [5.74, 6) is -2.63. The molecule has 2 heterocycles. The minimum absolute atomic E-state index is 0.0329. The van der Waals surface area contributed by atoms with E-state index in [-0.39, 0.29) is 24.0 Å². The smallest absolute Gasteiger partial charge is 0.280 e. The van der Waals surface area contributed by atoms with Crippen molar-refractivity contribution in [3.8, 4) is 0 Å². The average Bonchev–Trinajstić information content (AvgIpc) is 3.16. The Bertz CT molecular complexity index is 640. The first kappa shape index (κ1) is 13.7. The third kappa shape index (κ3) is 2.52. The van der Waals surface area contributed by atoms with Gasteiger partial charge in [-0.15, -0.1) is 0 Å². The monoisotopic (exact) mass is 294 g/mol. The number of amides is 1. The van der Waals surface area contributed by atoms with E-state index in [1.807, 2.05) is 0 Å². The van der Waals surface area contributed by atoms with E-state index in [2.05, 4.69) is 9.68 Å². The van der Waals surface area contributed by atoms with Crippen LogP contribution in [0.5, 0.6) is 0 Å². The molecule has 5 nitrogen and oxygen atoms in total. The van der Waals surface area contributed by atoms with Crippen molar-refractivity contribution in [3.05, 3.63) is 47.9 Å². The molecule has 0 radical (unpaired) electrons. The molecule has 1 aliphatic heterocycles. The Hall–Kier alpha value is -2.28. The number of ether oxygens (including phenoxy) is 1. The number of carbonyl (C=O) groups excluding carboxylic acids is 1. The number of nitrogens with zero attached hydrogens (tertiary/aromatic N) is 2. The number of hydrogen-bond donors (Lipinski definition) is 0. The molecular formula is C14H12F2N2O3. The van der Waals surface area contributed by atoms with Gasteiger partial charge in [0.15, 0.2) is 17.3 Å². The summed E-state index contributed by atoms with van der Waals surface area (Å²) in [6, 6.07) is 4.72. The lowest BCUT2D eigenvalue weighted by molar-refractivity contribution is 0.0961. The highest BCUT2D eigenvalue weighted by atomic mass is 19.2. The van der Waals surface area contributed by atoms with Crippen LogP contribution in [0.1, 0.15) is 16.9 Å². The molecule has 1 saturated heterocycles. The number of carbonyl (C=O) groups is 1. The van der Waals surface area contributed by atoms with Crippen LogP contribution in [-0.2, 0) is 4.74 Å². The molecule has 1 atom stereocenters. The molecular weight excluding hydrogens is 282 g/mol. The van der Waals surface area contributed by atoms with Crippen molar-refractivity contribution in [1.82, 2.24) is 5.16 Å². The van der Waals surface area contributed by atoms with Gasteiger partial charge in [0.05, 0.1) is 18.3 Å². The summed E-state index contributed by atoms with van der Waals surface area (Å²) in [6.07, 6.45) is 1.79. The van der Waals surface area contributed by atoms with E-state index < -0.39 is 17.5 Å². The third-order valence-electron chi connectivity index (χ3n) is 3.34. The molecule has 1 aliphatic rings. The van der Waals surface area contributed by atoms with E-state index in [0.717, 1.165) is 6.07 Å². The molecule has 0 spiro atoms. The molecule has 1 fully saturated rings. The molecule has 2 aromatic rings. The molecule has 1 amide bonds. The van der Waals surface area contributed by atoms with Gasteiger partial charge in [-0.2, -0.15) is 0 Å². The molecule has 0 bridgehead atoms. The first-order valence-electron chi connectivity index (χ1n) is 6.44. The Morgan fingerprint density at radius 3 is 2.86 bits per heavy atom. The molecule has 21 heavy (non-hydrogen) atoms. The fourth-order valence-electron chi connectivity index (χ4n) is 2.32. The predicted molar refractivity (Wildman–Crippen MR) is 68.9 cm³/mol. The molecule has 0 saturated carbocycles. The largest absolute Gasteiger partial charge is 0.379 e. The average molecular weight is 294 g/mol. The summed E-state index contributed by atoms with van der Waals surface area (Å²) < 4.78 is 37.4. The summed E-state index contributed by atoms with van der Waals surface area (Å²) in [4.78, 5) is 13.7. The number of halogens is 2. The van der Waals surface area contributed by atoms with E-state index in [1.165, 1.54) is 29.4 Å². The van der Waals surface area contributed by atoms with Crippen molar-refractivity contribution in [2.75, 3.05) is 18.1 Å². The Morgan fingerprint density at radius 2 is 2.19 bits per heavy atom. The van der Waals surface area contributed by atoms with E-state index in [0.29, 0.717) is 13.0 Å². The van der Waals surface area contributed by atoms with E-state index in [4.69, 9.17) is 4.74 Å². The minimum atomic E-state index is -1.07. The normalized spacial score (nSPS) is 17.9. The van der Waals surface area contributed by atoms with Crippen LogP contribution in [0.25, 0.3) is 0 Å².